The van der Waals surface area contributed by atoms with Crippen LogP contribution < -0.4 is 0 Å². The first-order chi connectivity index (χ1) is 17.9. The van der Waals surface area contributed by atoms with Crippen LogP contribution in [-0.2, 0) is 28.1 Å². The average Bonchev–Trinajstić information content (AvgIpc) is 2.87. The summed E-state index contributed by atoms with van der Waals surface area (Å²) < 4.78 is 38.5. The first kappa shape index (κ1) is 31.4. The molecule has 1 aromatic rings. The highest BCUT2D eigenvalue weighted by Crippen LogP contribution is 2.48. The quantitative estimate of drug-likeness (QED) is 0.124. The Labute approximate surface area is 233 Å². The fourth-order valence-corrected chi connectivity index (χ4v) is 12.8. The molecule has 0 aromatic heterocycles. The van der Waals surface area contributed by atoms with E-state index >= 15 is 0 Å². The lowest BCUT2D eigenvalue weighted by Gasteiger charge is -2.57. The lowest BCUT2D eigenvalue weighted by Crippen LogP contribution is -2.72. The SMILES string of the molecule is CO[C@@]1(C)O[C@H]2[C@H](O[C@]1(C)OC)[C@@H](CO[Si](C(C)C)(C(C)C)C(C)C)O[C@@H](N=[N+]=[N-])[C@@H]2Sc1ccccc1. The lowest BCUT2D eigenvalue weighted by atomic mass is 9.95. The number of benzene rings is 1. The normalized spacial score (nSPS) is 33.9. The minimum absolute atomic E-state index is 0.301. The third kappa shape index (κ3) is 5.82. The Morgan fingerprint density at radius 2 is 1.47 bits per heavy atom. The van der Waals surface area contributed by atoms with Crippen LogP contribution >= 0.6 is 11.8 Å². The monoisotopic (exact) mass is 567 g/mol. The van der Waals surface area contributed by atoms with E-state index in [0.717, 1.165) is 4.90 Å². The highest BCUT2D eigenvalue weighted by atomic mass is 32.2. The van der Waals surface area contributed by atoms with Crippen LogP contribution in [-0.4, -0.2) is 70.5 Å². The molecular weight excluding hydrogens is 522 g/mol. The van der Waals surface area contributed by atoms with Crippen LogP contribution in [0, 0.1) is 0 Å². The molecule has 0 aliphatic carbocycles. The summed E-state index contributed by atoms with van der Waals surface area (Å²) in [6.45, 7) is 17.4. The van der Waals surface area contributed by atoms with Gasteiger partial charge in [-0.2, -0.15) is 0 Å². The highest BCUT2D eigenvalue weighted by molar-refractivity contribution is 8.00. The summed E-state index contributed by atoms with van der Waals surface area (Å²) in [5, 5.41) is 3.67. The van der Waals surface area contributed by atoms with Gasteiger partial charge in [0, 0.05) is 24.0 Å². The average molecular weight is 568 g/mol. The third-order valence-corrected chi connectivity index (χ3v) is 15.7. The zero-order valence-electron chi connectivity index (χ0n) is 24.4. The van der Waals surface area contributed by atoms with Crippen LogP contribution in [0.15, 0.2) is 40.3 Å². The van der Waals surface area contributed by atoms with Gasteiger partial charge >= 0.3 is 0 Å². The van der Waals surface area contributed by atoms with Crippen LogP contribution in [0.4, 0.5) is 0 Å². The Hall–Kier alpha value is -1.14. The fourth-order valence-electron chi connectivity index (χ4n) is 6.16. The van der Waals surface area contributed by atoms with Crippen LogP contribution in [0.2, 0.25) is 16.6 Å². The fraction of sp³-hybridized carbons (Fsp3) is 0.778. The number of ether oxygens (including phenoxy) is 5. The molecule has 214 valence electrons. The standard InChI is InChI=1S/C27H45N3O6SSi/c1-17(2)38(18(3)4,19(5)6)33-16-21-22-23(36-27(8,32-10)26(7,31-9)35-22)24(25(34-21)29-30-28)37-20-14-12-11-13-15-20/h11-15,17-19,21-25H,16H2,1-10H3/t21-,22-,23+,24-,25-,26+,27+/m1/s1. The van der Waals surface area contributed by atoms with Gasteiger partial charge in [-0.25, -0.2) is 0 Å². The summed E-state index contributed by atoms with van der Waals surface area (Å²) in [7, 11) is 0.934. The topological polar surface area (TPSA) is 104 Å². The van der Waals surface area contributed by atoms with Crippen molar-refractivity contribution >= 4 is 20.1 Å². The van der Waals surface area contributed by atoms with Gasteiger partial charge in [-0.3, -0.25) is 0 Å². The van der Waals surface area contributed by atoms with Gasteiger partial charge in [0.15, 0.2) is 14.5 Å². The molecule has 0 N–H and O–H groups in total. The van der Waals surface area contributed by atoms with Crippen molar-refractivity contribution in [2.75, 3.05) is 20.8 Å². The molecule has 1 aromatic carbocycles. The van der Waals surface area contributed by atoms with Crippen molar-refractivity contribution in [1.82, 2.24) is 0 Å². The van der Waals surface area contributed by atoms with E-state index in [9.17, 15) is 5.53 Å². The summed E-state index contributed by atoms with van der Waals surface area (Å²) in [5.74, 6) is -2.42. The van der Waals surface area contributed by atoms with Crippen LogP contribution in [0.3, 0.4) is 0 Å². The molecule has 0 radical (unpaired) electrons. The molecule has 3 rings (SSSR count). The van der Waals surface area contributed by atoms with Gasteiger partial charge in [0.25, 0.3) is 0 Å². The largest absolute Gasteiger partial charge is 0.413 e. The van der Waals surface area contributed by atoms with Gasteiger partial charge in [-0.15, -0.1) is 11.8 Å². The number of hydrogen-bond donors (Lipinski definition) is 0. The Morgan fingerprint density at radius 3 is 1.95 bits per heavy atom. The van der Waals surface area contributed by atoms with E-state index in [1.54, 1.807) is 28.1 Å². The van der Waals surface area contributed by atoms with Gasteiger partial charge in [-0.05, 0) is 48.1 Å². The lowest BCUT2D eigenvalue weighted by molar-refractivity contribution is -0.462. The summed E-state index contributed by atoms with van der Waals surface area (Å²) >= 11 is 1.53. The molecule has 0 saturated carbocycles. The van der Waals surface area contributed by atoms with E-state index in [1.165, 1.54) is 11.8 Å². The molecule has 11 heteroatoms. The maximum absolute atomic E-state index is 9.46. The second kappa shape index (κ2) is 12.6. The van der Waals surface area contributed by atoms with Crippen molar-refractivity contribution in [3.63, 3.8) is 0 Å². The minimum atomic E-state index is -2.21. The van der Waals surface area contributed by atoms with Gasteiger partial charge in [0.2, 0.25) is 11.6 Å². The molecule has 0 bridgehead atoms. The zero-order chi connectivity index (χ0) is 28.3. The minimum Gasteiger partial charge on any atom is -0.413 e. The van der Waals surface area contributed by atoms with Crippen LogP contribution in [0.1, 0.15) is 55.4 Å². The third-order valence-electron chi connectivity index (χ3n) is 8.32. The Morgan fingerprint density at radius 1 is 0.947 bits per heavy atom. The number of nitrogens with zero attached hydrogens (tertiary/aromatic N) is 3. The number of rotatable bonds is 11. The molecule has 9 nitrogen and oxygen atoms in total. The first-order valence-electron chi connectivity index (χ1n) is 13.4. The summed E-state index contributed by atoms with van der Waals surface area (Å²) in [6.07, 6.45) is -2.42. The smallest absolute Gasteiger partial charge is 0.220 e. The second-order valence-electron chi connectivity index (χ2n) is 11.3. The maximum Gasteiger partial charge on any atom is 0.220 e. The summed E-state index contributed by atoms with van der Waals surface area (Å²) in [6, 6.07) is 9.91. The molecule has 2 saturated heterocycles. The molecule has 38 heavy (non-hydrogen) atoms. The molecule has 2 aliphatic heterocycles. The predicted molar refractivity (Wildman–Crippen MR) is 151 cm³/mol. The van der Waals surface area contributed by atoms with Crippen molar-refractivity contribution in [2.45, 2.75) is 118 Å². The summed E-state index contributed by atoms with van der Waals surface area (Å²) in [5.41, 5.74) is 10.7. The van der Waals surface area contributed by atoms with E-state index in [4.69, 9.17) is 28.1 Å². The number of fused-ring (bicyclic) bond motifs is 1. The second-order valence-corrected chi connectivity index (χ2v) is 18.0. The van der Waals surface area contributed by atoms with Crippen molar-refractivity contribution < 1.29 is 28.1 Å². The van der Waals surface area contributed by atoms with Gasteiger partial charge in [0.1, 0.15) is 18.3 Å². The summed E-state index contributed by atoms with van der Waals surface area (Å²) in [4.78, 5) is 4.12. The molecule has 0 amide bonds. The molecular formula is C27H45N3O6SSi. The Kier molecular flexibility index (Phi) is 10.4. The highest BCUT2D eigenvalue weighted by Gasteiger charge is 2.62. The van der Waals surface area contributed by atoms with E-state index in [0.29, 0.717) is 23.2 Å². The molecule has 0 unspecified atom stereocenters. The van der Waals surface area contributed by atoms with E-state index in [-0.39, 0.29) is 0 Å². The number of hydrogen-bond acceptors (Lipinski definition) is 8. The van der Waals surface area contributed by atoms with Crippen molar-refractivity contribution in [2.24, 2.45) is 5.11 Å². The van der Waals surface area contributed by atoms with Gasteiger partial charge < -0.3 is 28.1 Å². The van der Waals surface area contributed by atoms with Gasteiger partial charge in [0.05, 0.1) is 11.9 Å². The van der Waals surface area contributed by atoms with E-state index in [2.05, 4.69) is 51.6 Å². The Bertz CT molecular complexity index is 944. The molecule has 7 atom stereocenters. The molecule has 2 fully saturated rings. The number of methoxy groups -OCH3 is 2. The number of azide groups is 1. The zero-order valence-corrected chi connectivity index (χ0v) is 26.2. The van der Waals surface area contributed by atoms with Crippen molar-refractivity contribution in [1.29, 1.82) is 0 Å². The van der Waals surface area contributed by atoms with Crippen molar-refractivity contribution in [3.05, 3.63) is 40.8 Å². The molecule has 2 heterocycles. The Balaban J connectivity index is 2.03. The van der Waals surface area contributed by atoms with E-state index in [1.807, 2.05) is 30.3 Å². The van der Waals surface area contributed by atoms with Crippen molar-refractivity contribution in [3.8, 4) is 0 Å². The predicted octanol–water partition coefficient (Wildman–Crippen LogP) is 6.88. The first-order valence-corrected chi connectivity index (χ1v) is 16.4. The number of thioether (sulfide) groups is 1. The van der Waals surface area contributed by atoms with Crippen LogP contribution in [0.5, 0.6) is 0 Å². The van der Waals surface area contributed by atoms with E-state index < -0.39 is 49.7 Å². The maximum atomic E-state index is 9.46. The van der Waals surface area contributed by atoms with Crippen LogP contribution in [0.25, 0.3) is 10.4 Å². The molecule has 0 spiro atoms. The molecule has 2 aliphatic rings. The van der Waals surface area contributed by atoms with Gasteiger partial charge in [-0.1, -0.05) is 64.9 Å².